The van der Waals surface area contributed by atoms with Crippen LogP contribution in [0.2, 0.25) is 0 Å². The summed E-state index contributed by atoms with van der Waals surface area (Å²) in [5.41, 5.74) is 0. The molecule has 0 atom stereocenters. The van der Waals surface area contributed by atoms with E-state index in [9.17, 15) is 0 Å². The van der Waals surface area contributed by atoms with Gasteiger partial charge >= 0.3 is 0 Å². The van der Waals surface area contributed by atoms with Gasteiger partial charge in [0.25, 0.3) is 0 Å². The normalized spacial score (nSPS) is 35.1. The number of rotatable bonds is 7. The molecule has 118 valence electrons. The van der Waals surface area contributed by atoms with Crippen LogP contribution in [-0.2, 0) is 18.9 Å². The molecule has 4 heteroatoms. The lowest BCUT2D eigenvalue weighted by atomic mass is 10.0. The average molecular weight is 286 g/mol. The Kier molecular flexibility index (Phi) is 7.28. The van der Waals surface area contributed by atoms with Gasteiger partial charge in [-0.1, -0.05) is 33.1 Å². The van der Waals surface area contributed by atoms with Crippen molar-refractivity contribution in [3.05, 3.63) is 0 Å². The van der Waals surface area contributed by atoms with E-state index in [2.05, 4.69) is 13.8 Å². The van der Waals surface area contributed by atoms with Gasteiger partial charge in [-0.15, -0.1) is 0 Å². The first kappa shape index (κ1) is 16.2. The van der Waals surface area contributed by atoms with E-state index < -0.39 is 0 Å². The first-order valence-corrected chi connectivity index (χ1v) is 8.29. The highest BCUT2D eigenvalue weighted by Gasteiger charge is 2.33. The second-order valence-electron chi connectivity index (χ2n) is 6.04. The minimum Gasteiger partial charge on any atom is -0.352 e. The van der Waals surface area contributed by atoms with Crippen molar-refractivity contribution >= 4 is 0 Å². The zero-order valence-electron chi connectivity index (χ0n) is 13.0. The standard InChI is InChI=1S/C16H30O4/c1-3-5-6-8-15-17-11-14(12-18-15)16-19-9-13(7-4-2)10-20-16/h13-16H,3-12H2,1-2H3/t13-,14-,15-,16-. The van der Waals surface area contributed by atoms with E-state index in [1.807, 2.05) is 0 Å². The molecule has 0 aromatic heterocycles. The van der Waals surface area contributed by atoms with Gasteiger partial charge in [-0.25, -0.2) is 0 Å². The molecule has 2 aliphatic rings. The monoisotopic (exact) mass is 286 g/mol. The molecule has 0 amide bonds. The van der Waals surface area contributed by atoms with Crippen molar-refractivity contribution in [2.45, 2.75) is 65.0 Å². The Bertz CT molecular complexity index is 243. The van der Waals surface area contributed by atoms with E-state index >= 15 is 0 Å². The molecule has 2 saturated heterocycles. The summed E-state index contributed by atoms with van der Waals surface area (Å²) in [6.45, 7) is 7.43. The molecule has 0 N–H and O–H groups in total. The number of hydrogen-bond donors (Lipinski definition) is 0. The molecular weight excluding hydrogens is 256 g/mol. The molecule has 20 heavy (non-hydrogen) atoms. The van der Waals surface area contributed by atoms with Crippen molar-refractivity contribution in [1.29, 1.82) is 0 Å². The highest BCUT2D eigenvalue weighted by atomic mass is 16.7. The third kappa shape index (κ3) is 4.99. The van der Waals surface area contributed by atoms with Gasteiger partial charge < -0.3 is 18.9 Å². The first-order chi connectivity index (χ1) is 9.83. The molecule has 0 aromatic carbocycles. The van der Waals surface area contributed by atoms with Crippen LogP contribution in [0.15, 0.2) is 0 Å². The van der Waals surface area contributed by atoms with Crippen molar-refractivity contribution < 1.29 is 18.9 Å². The second-order valence-corrected chi connectivity index (χ2v) is 6.04. The van der Waals surface area contributed by atoms with Crippen LogP contribution in [0.25, 0.3) is 0 Å². The van der Waals surface area contributed by atoms with Crippen LogP contribution in [0, 0.1) is 11.8 Å². The largest absolute Gasteiger partial charge is 0.352 e. The zero-order valence-corrected chi connectivity index (χ0v) is 13.0. The average Bonchev–Trinajstić information content (AvgIpc) is 2.49. The van der Waals surface area contributed by atoms with E-state index in [4.69, 9.17) is 18.9 Å². The Morgan fingerprint density at radius 3 is 2.05 bits per heavy atom. The summed E-state index contributed by atoms with van der Waals surface area (Å²) >= 11 is 0. The topological polar surface area (TPSA) is 36.9 Å². The molecule has 4 nitrogen and oxygen atoms in total. The predicted octanol–water partition coefficient (Wildman–Crippen LogP) is 3.35. The smallest absolute Gasteiger partial charge is 0.164 e. The molecular formula is C16H30O4. The summed E-state index contributed by atoms with van der Waals surface area (Å²) in [7, 11) is 0. The lowest BCUT2D eigenvalue weighted by molar-refractivity contribution is -0.281. The Labute approximate surface area is 123 Å². The van der Waals surface area contributed by atoms with E-state index in [0.29, 0.717) is 19.1 Å². The summed E-state index contributed by atoms with van der Waals surface area (Å²) in [6, 6.07) is 0. The maximum Gasteiger partial charge on any atom is 0.164 e. The molecule has 0 radical (unpaired) electrons. The van der Waals surface area contributed by atoms with Crippen molar-refractivity contribution in [1.82, 2.24) is 0 Å². The number of unbranched alkanes of at least 4 members (excludes halogenated alkanes) is 2. The van der Waals surface area contributed by atoms with E-state index in [-0.39, 0.29) is 18.5 Å². The van der Waals surface area contributed by atoms with Crippen molar-refractivity contribution in [2.75, 3.05) is 26.4 Å². The number of hydrogen-bond acceptors (Lipinski definition) is 4. The highest BCUT2D eigenvalue weighted by Crippen LogP contribution is 2.25. The molecule has 2 aliphatic heterocycles. The SMILES string of the molecule is CCCCC[C@H]1OC[C@H]([C@H]2OC[C@H](CCC)CO2)CO1. The highest BCUT2D eigenvalue weighted by molar-refractivity contribution is 4.71. The van der Waals surface area contributed by atoms with Gasteiger partial charge in [-0.3, -0.25) is 0 Å². The predicted molar refractivity (Wildman–Crippen MR) is 77.4 cm³/mol. The lowest BCUT2D eigenvalue weighted by Crippen LogP contribution is -2.44. The Morgan fingerprint density at radius 1 is 0.750 bits per heavy atom. The fourth-order valence-electron chi connectivity index (χ4n) is 2.85. The maximum absolute atomic E-state index is 5.83. The number of ether oxygens (including phenoxy) is 4. The van der Waals surface area contributed by atoms with Gasteiger partial charge in [0, 0.05) is 5.92 Å². The summed E-state index contributed by atoms with van der Waals surface area (Å²) in [5, 5.41) is 0. The fourth-order valence-corrected chi connectivity index (χ4v) is 2.85. The van der Waals surface area contributed by atoms with Crippen molar-refractivity contribution in [3.8, 4) is 0 Å². The lowest BCUT2D eigenvalue weighted by Gasteiger charge is -2.37. The van der Waals surface area contributed by atoms with Crippen molar-refractivity contribution in [3.63, 3.8) is 0 Å². The summed E-state index contributed by atoms with van der Waals surface area (Å²) in [5.74, 6) is 0.781. The van der Waals surface area contributed by atoms with E-state index in [0.717, 1.165) is 19.6 Å². The molecule has 0 aromatic rings. The van der Waals surface area contributed by atoms with Gasteiger partial charge in [-0.2, -0.15) is 0 Å². The Hall–Kier alpha value is -0.160. The third-order valence-corrected chi connectivity index (χ3v) is 4.11. The van der Waals surface area contributed by atoms with E-state index in [1.165, 1.54) is 32.1 Å². The van der Waals surface area contributed by atoms with Crippen LogP contribution in [0.4, 0.5) is 0 Å². The second kappa shape index (κ2) is 8.98. The minimum atomic E-state index is -0.139. The van der Waals surface area contributed by atoms with Crippen LogP contribution in [0.3, 0.4) is 0 Å². The van der Waals surface area contributed by atoms with Gasteiger partial charge in [0.1, 0.15) is 0 Å². The summed E-state index contributed by atoms with van der Waals surface area (Å²) in [4.78, 5) is 0. The first-order valence-electron chi connectivity index (χ1n) is 8.29. The van der Waals surface area contributed by atoms with Crippen LogP contribution in [0.1, 0.15) is 52.4 Å². The summed E-state index contributed by atoms with van der Waals surface area (Å²) in [6.07, 6.45) is 6.89. The van der Waals surface area contributed by atoms with Crippen LogP contribution < -0.4 is 0 Å². The van der Waals surface area contributed by atoms with Crippen LogP contribution in [0.5, 0.6) is 0 Å². The third-order valence-electron chi connectivity index (χ3n) is 4.11. The quantitative estimate of drug-likeness (QED) is 0.673. The fraction of sp³-hybridized carbons (Fsp3) is 1.00. The van der Waals surface area contributed by atoms with Crippen LogP contribution in [-0.4, -0.2) is 39.0 Å². The van der Waals surface area contributed by atoms with Crippen LogP contribution >= 0.6 is 0 Å². The Balaban J connectivity index is 1.62. The summed E-state index contributed by atoms with van der Waals surface area (Å²) < 4.78 is 23.2. The minimum absolute atomic E-state index is 0.0192. The molecule has 0 bridgehead atoms. The van der Waals surface area contributed by atoms with E-state index in [1.54, 1.807) is 0 Å². The van der Waals surface area contributed by atoms with Gasteiger partial charge in [0.2, 0.25) is 0 Å². The molecule has 0 aliphatic carbocycles. The van der Waals surface area contributed by atoms with Gasteiger partial charge in [-0.05, 0) is 19.3 Å². The zero-order chi connectivity index (χ0) is 14.2. The molecule has 2 heterocycles. The van der Waals surface area contributed by atoms with Gasteiger partial charge in [0.15, 0.2) is 12.6 Å². The molecule has 2 rings (SSSR count). The maximum atomic E-state index is 5.83. The van der Waals surface area contributed by atoms with Gasteiger partial charge in [0.05, 0.1) is 32.3 Å². The molecule has 2 fully saturated rings. The Morgan fingerprint density at radius 2 is 1.45 bits per heavy atom. The molecule has 0 saturated carbocycles. The van der Waals surface area contributed by atoms with Crippen molar-refractivity contribution in [2.24, 2.45) is 11.8 Å². The molecule has 0 spiro atoms. The molecule has 0 unspecified atom stereocenters.